The van der Waals surface area contributed by atoms with E-state index < -0.39 is 0 Å². The minimum Gasteiger partial charge on any atom is -0.289 e. The summed E-state index contributed by atoms with van der Waals surface area (Å²) in [6, 6.07) is 7.35. The van der Waals surface area contributed by atoms with Gasteiger partial charge in [0.15, 0.2) is 0 Å². The van der Waals surface area contributed by atoms with Gasteiger partial charge in [0.05, 0.1) is 34.0 Å². The normalized spacial score (nSPS) is 12.7. The maximum Gasteiger partial charge on any atom is 0.261 e. The van der Waals surface area contributed by atoms with E-state index in [1.807, 2.05) is 30.5 Å². The molecule has 0 fully saturated rings. The van der Waals surface area contributed by atoms with E-state index in [4.69, 9.17) is 11.6 Å². The van der Waals surface area contributed by atoms with Crippen LogP contribution in [0.25, 0.3) is 10.9 Å². The first-order valence-electron chi connectivity index (χ1n) is 6.71. The van der Waals surface area contributed by atoms with Crippen molar-refractivity contribution in [3.8, 4) is 0 Å². The summed E-state index contributed by atoms with van der Waals surface area (Å²) in [6.45, 7) is 2.38. The van der Waals surface area contributed by atoms with Crippen LogP contribution in [-0.2, 0) is 6.54 Å². The van der Waals surface area contributed by atoms with E-state index in [-0.39, 0.29) is 10.9 Å². The smallest absolute Gasteiger partial charge is 0.261 e. The number of thiazole rings is 1. The lowest BCUT2D eigenvalue weighted by molar-refractivity contribution is 0.646. The summed E-state index contributed by atoms with van der Waals surface area (Å²) >= 11 is 7.88. The zero-order valence-electron chi connectivity index (χ0n) is 11.5. The molecule has 1 unspecified atom stereocenters. The van der Waals surface area contributed by atoms with Crippen LogP contribution in [0.15, 0.2) is 40.0 Å². The van der Waals surface area contributed by atoms with Gasteiger partial charge in [-0.2, -0.15) is 0 Å². The molecule has 3 aromatic rings. The molecule has 0 aliphatic rings. The van der Waals surface area contributed by atoms with Crippen LogP contribution in [0, 0.1) is 0 Å². The van der Waals surface area contributed by atoms with Crippen molar-refractivity contribution in [3.05, 3.63) is 57.0 Å². The van der Waals surface area contributed by atoms with E-state index in [2.05, 4.69) is 9.97 Å². The zero-order chi connectivity index (χ0) is 14.8. The quantitative estimate of drug-likeness (QED) is 0.690. The first-order valence-corrected chi connectivity index (χ1v) is 8.09. The number of rotatable bonds is 4. The second-order valence-corrected chi connectivity index (χ2v) is 5.98. The topological polar surface area (TPSA) is 47.8 Å². The van der Waals surface area contributed by atoms with Gasteiger partial charge in [-0.25, -0.2) is 9.97 Å². The molecule has 2 heterocycles. The maximum absolute atomic E-state index is 12.7. The number of alkyl halides is 1. The molecule has 0 amide bonds. The summed E-state index contributed by atoms with van der Waals surface area (Å²) in [5, 5.41) is 2.25. The van der Waals surface area contributed by atoms with Crippen molar-refractivity contribution in [2.75, 3.05) is 0 Å². The van der Waals surface area contributed by atoms with Gasteiger partial charge in [0.2, 0.25) is 0 Å². The third kappa shape index (κ3) is 2.71. The Morgan fingerprint density at radius 1 is 1.38 bits per heavy atom. The number of hydrogen-bond acceptors (Lipinski definition) is 4. The Hall–Kier alpha value is -1.72. The van der Waals surface area contributed by atoms with Crippen molar-refractivity contribution in [1.29, 1.82) is 0 Å². The van der Waals surface area contributed by atoms with Crippen molar-refractivity contribution in [2.24, 2.45) is 0 Å². The average molecular weight is 320 g/mol. The van der Waals surface area contributed by atoms with Crippen LogP contribution in [0.3, 0.4) is 0 Å². The van der Waals surface area contributed by atoms with Gasteiger partial charge in [0, 0.05) is 5.38 Å². The summed E-state index contributed by atoms with van der Waals surface area (Å²) in [5.74, 6) is 0.607. The third-order valence-electron chi connectivity index (χ3n) is 3.33. The van der Waals surface area contributed by atoms with E-state index >= 15 is 0 Å². The Morgan fingerprint density at radius 2 is 2.19 bits per heavy atom. The number of nitrogens with zero attached hydrogens (tertiary/aromatic N) is 3. The highest BCUT2D eigenvalue weighted by Gasteiger charge is 2.17. The summed E-state index contributed by atoms with van der Waals surface area (Å²) in [7, 11) is 0. The van der Waals surface area contributed by atoms with E-state index in [9.17, 15) is 4.79 Å². The molecule has 0 saturated heterocycles. The second-order valence-electron chi connectivity index (χ2n) is 4.73. The molecule has 1 aromatic carbocycles. The van der Waals surface area contributed by atoms with Crippen molar-refractivity contribution >= 4 is 33.8 Å². The van der Waals surface area contributed by atoms with Crippen molar-refractivity contribution in [2.45, 2.75) is 25.3 Å². The van der Waals surface area contributed by atoms with Gasteiger partial charge < -0.3 is 0 Å². The SMILES string of the molecule is CCC(Cl)c1nc2ccccc2c(=O)n1Cc1cscn1. The van der Waals surface area contributed by atoms with Gasteiger partial charge in [0.25, 0.3) is 5.56 Å². The Labute approximate surface area is 131 Å². The predicted molar refractivity (Wildman–Crippen MR) is 86.1 cm³/mol. The van der Waals surface area contributed by atoms with E-state index in [0.717, 1.165) is 5.69 Å². The summed E-state index contributed by atoms with van der Waals surface area (Å²) in [6.07, 6.45) is 0.712. The molecular weight excluding hydrogens is 306 g/mol. The molecule has 108 valence electrons. The van der Waals surface area contributed by atoms with E-state index in [1.54, 1.807) is 16.1 Å². The van der Waals surface area contributed by atoms with Gasteiger partial charge in [-0.1, -0.05) is 19.1 Å². The summed E-state index contributed by atoms with van der Waals surface area (Å²) in [5.41, 5.74) is 3.22. The molecule has 1 atom stereocenters. The number of halogens is 1. The third-order valence-corrected chi connectivity index (χ3v) is 4.47. The number of para-hydroxylation sites is 1. The fraction of sp³-hybridized carbons (Fsp3) is 0.267. The van der Waals surface area contributed by atoms with Crippen LogP contribution in [0.5, 0.6) is 0 Å². The first kappa shape index (κ1) is 14.2. The monoisotopic (exact) mass is 319 g/mol. The molecule has 0 radical (unpaired) electrons. The van der Waals surface area contributed by atoms with Crippen molar-refractivity contribution in [3.63, 3.8) is 0 Å². The van der Waals surface area contributed by atoms with Crippen LogP contribution in [0.1, 0.15) is 30.2 Å². The van der Waals surface area contributed by atoms with Gasteiger partial charge in [-0.3, -0.25) is 9.36 Å². The molecule has 6 heteroatoms. The van der Waals surface area contributed by atoms with Crippen molar-refractivity contribution < 1.29 is 0 Å². The zero-order valence-corrected chi connectivity index (χ0v) is 13.1. The lowest BCUT2D eigenvalue weighted by Gasteiger charge is -2.15. The largest absolute Gasteiger partial charge is 0.289 e. The van der Waals surface area contributed by atoms with Gasteiger partial charge in [0.1, 0.15) is 5.82 Å². The van der Waals surface area contributed by atoms with Crippen LogP contribution in [-0.4, -0.2) is 14.5 Å². The molecule has 3 rings (SSSR count). The maximum atomic E-state index is 12.7. The Kier molecular flexibility index (Phi) is 4.03. The highest BCUT2D eigenvalue weighted by Crippen LogP contribution is 2.23. The fourth-order valence-corrected chi connectivity index (χ4v) is 2.95. The van der Waals surface area contributed by atoms with Crippen molar-refractivity contribution in [1.82, 2.24) is 14.5 Å². The molecule has 0 aliphatic heterocycles. The Bertz CT molecular complexity index is 813. The molecule has 0 aliphatic carbocycles. The first-order chi connectivity index (χ1) is 10.2. The molecule has 0 N–H and O–H groups in total. The highest BCUT2D eigenvalue weighted by molar-refractivity contribution is 7.07. The van der Waals surface area contributed by atoms with Gasteiger partial charge in [-0.05, 0) is 18.6 Å². The number of aromatic nitrogens is 3. The van der Waals surface area contributed by atoms with E-state index in [1.165, 1.54) is 11.3 Å². The Balaban J connectivity index is 2.23. The van der Waals surface area contributed by atoms with Gasteiger partial charge >= 0.3 is 0 Å². The molecule has 0 spiro atoms. The Morgan fingerprint density at radius 3 is 2.90 bits per heavy atom. The lowest BCUT2D eigenvalue weighted by atomic mass is 10.2. The fourth-order valence-electron chi connectivity index (χ4n) is 2.24. The van der Waals surface area contributed by atoms with Crippen LogP contribution in [0.4, 0.5) is 0 Å². The molecule has 4 nitrogen and oxygen atoms in total. The predicted octanol–water partition coefficient (Wildman–Crippen LogP) is 3.59. The molecule has 0 bridgehead atoms. The molecular formula is C15H14ClN3OS. The second kappa shape index (κ2) is 5.95. The highest BCUT2D eigenvalue weighted by atomic mass is 35.5. The molecule has 2 aromatic heterocycles. The van der Waals surface area contributed by atoms with E-state index in [0.29, 0.717) is 29.7 Å². The minimum atomic E-state index is -0.291. The molecule has 21 heavy (non-hydrogen) atoms. The number of hydrogen-bond donors (Lipinski definition) is 0. The van der Waals surface area contributed by atoms with Crippen LogP contribution in [0.2, 0.25) is 0 Å². The summed E-state index contributed by atoms with van der Waals surface area (Å²) < 4.78 is 1.64. The van der Waals surface area contributed by atoms with Crippen LogP contribution < -0.4 is 5.56 Å². The minimum absolute atomic E-state index is 0.0669. The summed E-state index contributed by atoms with van der Waals surface area (Å²) in [4.78, 5) is 21.6. The number of benzene rings is 1. The standard InChI is InChI=1S/C15H14ClN3OS/c1-2-12(16)14-18-13-6-4-3-5-11(13)15(20)19(14)7-10-8-21-9-17-10/h3-6,8-9,12H,2,7H2,1H3. The van der Waals surface area contributed by atoms with Crippen LogP contribution >= 0.6 is 22.9 Å². The molecule has 0 saturated carbocycles. The average Bonchev–Trinajstić information content (AvgIpc) is 3.02. The number of fused-ring (bicyclic) bond motifs is 1. The van der Waals surface area contributed by atoms with Gasteiger partial charge in [-0.15, -0.1) is 22.9 Å². The lowest BCUT2D eigenvalue weighted by Crippen LogP contribution is -2.26.